The molecule has 0 aliphatic rings. The highest BCUT2D eigenvalue weighted by molar-refractivity contribution is 6.30. The number of unbranched alkanes of at least 4 members (excludes halogenated alkanes) is 1. The molecule has 0 bridgehead atoms. The fourth-order valence-corrected chi connectivity index (χ4v) is 1.47. The Labute approximate surface area is 105 Å². The number of benzene rings is 1. The maximum Gasteiger partial charge on any atom is 0.224 e. The zero-order valence-electron chi connectivity index (χ0n) is 9.41. The van der Waals surface area contributed by atoms with Gasteiger partial charge in [-0.15, -0.1) is 0 Å². The van der Waals surface area contributed by atoms with Gasteiger partial charge in [-0.2, -0.15) is 0 Å². The van der Waals surface area contributed by atoms with Gasteiger partial charge in [0.1, 0.15) is 0 Å². The van der Waals surface area contributed by atoms with Gasteiger partial charge in [0.2, 0.25) is 11.8 Å². The van der Waals surface area contributed by atoms with Gasteiger partial charge in [-0.1, -0.05) is 11.6 Å². The summed E-state index contributed by atoms with van der Waals surface area (Å²) in [5.74, 6) is -0.403. The fourth-order valence-electron chi connectivity index (χ4n) is 1.34. The summed E-state index contributed by atoms with van der Waals surface area (Å²) in [6, 6.07) is 6.90. The molecular weight excluding hydrogens is 240 g/mol. The number of anilines is 1. The Hall–Kier alpha value is -1.55. The van der Waals surface area contributed by atoms with E-state index in [0.29, 0.717) is 36.4 Å². The van der Waals surface area contributed by atoms with Crippen molar-refractivity contribution in [2.24, 2.45) is 5.73 Å². The van der Waals surface area contributed by atoms with Crippen molar-refractivity contribution in [1.29, 1.82) is 0 Å². The lowest BCUT2D eigenvalue weighted by molar-refractivity contribution is -0.119. The van der Waals surface area contributed by atoms with Crippen LogP contribution in [0.5, 0.6) is 0 Å². The second kappa shape index (κ2) is 6.91. The van der Waals surface area contributed by atoms with Crippen molar-refractivity contribution in [3.05, 3.63) is 29.3 Å². The molecule has 0 unspecified atom stereocenters. The summed E-state index contributed by atoms with van der Waals surface area (Å²) in [6.07, 6.45) is 2.01. The molecule has 0 saturated heterocycles. The number of carbonyl (C=O) groups excluding carboxylic acids is 2. The third-order valence-electron chi connectivity index (χ3n) is 2.20. The third-order valence-corrected chi connectivity index (χ3v) is 2.46. The number of rotatable bonds is 6. The van der Waals surface area contributed by atoms with Gasteiger partial charge >= 0.3 is 0 Å². The Bertz CT molecular complexity index is 390. The minimum atomic E-state index is -0.330. The average Bonchev–Trinajstić information content (AvgIpc) is 2.27. The van der Waals surface area contributed by atoms with E-state index in [-0.39, 0.29) is 11.8 Å². The molecule has 0 aliphatic heterocycles. The molecule has 0 aliphatic carbocycles. The van der Waals surface area contributed by atoms with Gasteiger partial charge in [0.25, 0.3) is 0 Å². The molecule has 0 radical (unpaired) electrons. The van der Waals surface area contributed by atoms with Crippen molar-refractivity contribution in [3.8, 4) is 0 Å². The average molecular weight is 255 g/mol. The highest BCUT2D eigenvalue weighted by atomic mass is 35.5. The van der Waals surface area contributed by atoms with Crippen LogP contribution in [0.1, 0.15) is 25.7 Å². The molecule has 0 aromatic heterocycles. The van der Waals surface area contributed by atoms with Gasteiger partial charge in [0.15, 0.2) is 0 Å². The predicted octanol–water partition coefficient (Wildman–Crippen LogP) is 2.32. The van der Waals surface area contributed by atoms with Crippen molar-refractivity contribution in [2.45, 2.75) is 25.7 Å². The second-order valence-electron chi connectivity index (χ2n) is 3.73. The fraction of sp³-hybridized carbons (Fsp3) is 0.333. The lowest BCUT2D eigenvalue weighted by atomic mass is 10.2. The predicted molar refractivity (Wildman–Crippen MR) is 67.7 cm³/mol. The van der Waals surface area contributed by atoms with Crippen LogP contribution in [0.3, 0.4) is 0 Å². The number of nitrogens with one attached hydrogen (secondary N) is 1. The van der Waals surface area contributed by atoms with E-state index < -0.39 is 0 Å². The summed E-state index contributed by atoms with van der Waals surface area (Å²) in [7, 11) is 0. The van der Waals surface area contributed by atoms with Gasteiger partial charge in [0.05, 0.1) is 0 Å². The maximum absolute atomic E-state index is 11.5. The van der Waals surface area contributed by atoms with Crippen LogP contribution in [-0.4, -0.2) is 11.8 Å². The van der Waals surface area contributed by atoms with E-state index in [1.807, 2.05) is 0 Å². The topological polar surface area (TPSA) is 72.2 Å². The molecule has 0 fully saturated rings. The standard InChI is InChI=1S/C12H15ClN2O2/c13-9-5-7-10(8-6-9)15-12(17)4-2-1-3-11(14)16/h5-8H,1-4H2,(H2,14,16)(H,15,17). The number of nitrogens with two attached hydrogens (primary N) is 1. The first-order valence-electron chi connectivity index (χ1n) is 5.41. The van der Waals surface area contributed by atoms with E-state index >= 15 is 0 Å². The molecule has 1 aromatic rings. The lowest BCUT2D eigenvalue weighted by Crippen LogP contribution is -2.12. The van der Waals surface area contributed by atoms with Gasteiger partial charge in [-0.05, 0) is 37.1 Å². The lowest BCUT2D eigenvalue weighted by Gasteiger charge is -2.04. The monoisotopic (exact) mass is 254 g/mol. The van der Waals surface area contributed by atoms with Crippen LogP contribution >= 0.6 is 11.6 Å². The van der Waals surface area contributed by atoms with E-state index in [1.165, 1.54) is 0 Å². The highest BCUT2D eigenvalue weighted by Gasteiger charge is 2.03. The van der Waals surface area contributed by atoms with Crippen LogP contribution in [0.4, 0.5) is 5.69 Å². The van der Waals surface area contributed by atoms with Crippen molar-refractivity contribution in [2.75, 3.05) is 5.32 Å². The normalized spacial score (nSPS) is 9.94. The van der Waals surface area contributed by atoms with E-state index in [0.717, 1.165) is 0 Å². The Kier molecular flexibility index (Phi) is 5.49. The van der Waals surface area contributed by atoms with Crippen molar-refractivity contribution < 1.29 is 9.59 Å². The molecule has 1 aromatic carbocycles. The largest absolute Gasteiger partial charge is 0.370 e. The molecule has 0 atom stereocenters. The SMILES string of the molecule is NC(=O)CCCCC(=O)Nc1ccc(Cl)cc1. The number of amides is 2. The number of hydrogen-bond donors (Lipinski definition) is 2. The van der Waals surface area contributed by atoms with E-state index in [9.17, 15) is 9.59 Å². The molecular formula is C12H15ClN2O2. The molecule has 0 saturated carbocycles. The van der Waals surface area contributed by atoms with Crippen LogP contribution in [-0.2, 0) is 9.59 Å². The molecule has 1 rings (SSSR count). The zero-order valence-corrected chi connectivity index (χ0v) is 10.2. The van der Waals surface area contributed by atoms with Gasteiger partial charge < -0.3 is 11.1 Å². The minimum Gasteiger partial charge on any atom is -0.370 e. The summed E-state index contributed by atoms with van der Waals surface area (Å²) in [6.45, 7) is 0. The first kappa shape index (κ1) is 13.5. The summed E-state index contributed by atoms with van der Waals surface area (Å²) in [5, 5.41) is 3.37. The number of hydrogen-bond acceptors (Lipinski definition) is 2. The molecule has 3 N–H and O–H groups in total. The highest BCUT2D eigenvalue weighted by Crippen LogP contribution is 2.13. The Morgan fingerprint density at radius 1 is 1.12 bits per heavy atom. The first-order valence-corrected chi connectivity index (χ1v) is 5.79. The van der Waals surface area contributed by atoms with Gasteiger partial charge in [-0.25, -0.2) is 0 Å². The Morgan fingerprint density at radius 3 is 2.29 bits per heavy atom. The molecule has 5 heteroatoms. The molecule has 92 valence electrons. The van der Waals surface area contributed by atoms with Crippen molar-refractivity contribution in [1.82, 2.24) is 0 Å². The molecule has 0 heterocycles. The second-order valence-corrected chi connectivity index (χ2v) is 4.16. The zero-order chi connectivity index (χ0) is 12.7. The minimum absolute atomic E-state index is 0.0724. The van der Waals surface area contributed by atoms with Crippen LogP contribution < -0.4 is 11.1 Å². The van der Waals surface area contributed by atoms with Crippen LogP contribution in [0, 0.1) is 0 Å². The van der Waals surface area contributed by atoms with E-state index in [1.54, 1.807) is 24.3 Å². The quantitative estimate of drug-likeness (QED) is 0.765. The molecule has 4 nitrogen and oxygen atoms in total. The smallest absolute Gasteiger partial charge is 0.224 e. The summed E-state index contributed by atoms with van der Waals surface area (Å²) >= 11 is 5.72. The third kappa shape index (κ3) is 5.92. The van der Waals surface area contributed by atoms with E-state index in [2.05, 4.69) is 5.32 Å². The summed E-state index contributed by atoms with van der Waals surface area (Å²) < 4.78 is 0. The summed E-state index contributed by atoms with van der Waals surface area (Å²) in [4.78, 5) is 22.0. The maximum atomic E-state index is 11.5. The Morgan fingerprint density at radius 2 is 1.71 bits per heavy atom. The number of halogens is 1. The van der Waals surface area contributed by atoms with Crippen molar-refractivity contribution in [3.63, 3.8) is 0 Å². The van der Waals surface area contributed by atoms with Crippen LogP contribution in [0.25, 0.3) is 0 Å². The first-order chi connectivity index (χ1) is 8.08. The van der Waals surface area contributed by atoms with Gasteiger partial charge in [0, 0.05) is 23.6 Å². The van der Waals surface area contributed by atoms with E-state index in [4.69, 9.17) is 17.3 Å². The number of carbonyl (C=O) groups is 2. The van der Waals surface area contributed by atoms with Crippen LogP contribution in [0.2, 0.25) is 5.02 Å². The van der Waals surface area contributed by atoms with Gasteiger partial charge in [-0.3, -0.25) is 9.59 Å². The summed E-state index contributed by atoms with van der Waals surface area (Å²) in [5.41, 5.74) is 5.71. The Balaban J connectivity index is 2.25. The number of primary amides is 1. The molecule has 17 heavy (non-hydrogen) atoms. The van der Waals surface area contributed by atoms with Crippen molar-refractivity contribution >= 4 is 29.1 Å². The molecule has 0 spiro atoms. The van der Waals surface area contributed by atoms with Crippen LogP contribution in [0.15, 0.2) is 24.3 Å². The molecule has 2 amide bonds.